The molecule has 0 saturated heterocycles. The van der Waals surface area contributed by atoms with Gasteiger partial charge in [0.1, 0.15) is 5.75 Å². The number of nitro groups is 1. The fraction of sp³-hybridized carbons (Fsp3) is 0.188. The lowest BCUT2D eigenvalue weighted by molar-refractivity contribution is -0.384. The van der Waals surface area contributed by atoms with Crippen molar-refractivity contribution in [1.82, 2.24) is 0 Å². The van der Waals surface area contributed by atoms with Gasteiger partial charge in [0.2, 0.25) is 5.91 Å². The molecule has 0 aliphatic rings. The quantitative estimate of drug-likeness (QED) is 0.679. The molecule has 0 atom stereocenters. The molecule has 22 heavy (non-hydrogen) atoms. The van der Waals surface area contributed by atoms with Gasteiger partial charge in [-0.1, -0.05) is 23.8 Å². The Bertz CT molecular complexity index is 713. The Labute approximate surface area is 127 Å². The van der Waals surface area contributed by atoms with Crippen LogP contribution in [0.2, 0.25) is 0 Å². The molecule has 6 heteroatoms. The number of carbonyl (C=O) groups excluding carboxylic acids is 1. The summed E-state index contributed by atoms with van der Waals surface area (Å²) >= 11 is 0. The standard InChI is InChI=1S/C16H16N2O4/c1-11-6-7-15(22-2)12(8-11)9-16(19)17-13-4-3-5-14(10-13)18(20)21/h3-8,10H,9H2,1-2H3,(H,17,19). The van der Waals surface area contributed by atoms with E-state index < -0.39 is 4.92 Å². The Morgan fingerprint density at radius 3 is 2.73 bits per heavy atom. The smallest absolute Gasteiger partial charge is 0.271 e. The van der Waals surface area contributed by atoms with E-state index in [9.17, 15) is 14.9 Å². The van der Waals surface area contributed by atoms with E-state index in [2.05, 4.69) is 5.32 Å². The zero-order valence-corrected chi connectivity index (χ0v) is 12.3. The summed E-state index contributed by atoms with van der Waals surface area (Å²) < 4.78 is 5.23. The van der Waals surface area contributed by atoms with E-state index in [1.54, 1.807) is 13.2 Å². The number of ether oxygens (including phenoxy) is 1. The SMILES string of the molecule is COc1ccc(C)cc1CC(=O)Nc1cccc([N+](=O)[O-])c1. The molecule has 1 amide bonds. The first-order chi connectivity index (χ1) is 10.5. The monoisotopic (exact) mass is 300 g/mol. The van der Waals surface area contributed by atoms with Crippen LogP contribution < -0.4 is 10.1 Å². The number of hydrogen-bond acceptors (Lipinski definition) is 4. The number of anilines is 1. The van der Waals surface area contributed by atoms with E-state index in [0.717, 1.165) is 11.1 Å². The first-order valence-corrected chi connectivity index (χ1v) is 6.67. The number of amides is 1. The third-order valence-electron chi connectivity index (χ3n) is 3.13. The fourth-order valence-electron chi connectivity index (χ4n) is 2.12. The summed E-state index contributed by atoms with van der Waals surface area (Å²) in [6, 6.07) is 11.4. The minimum absolute atomic E-state index is 0.0639. The molecule has 0 spiro atoms. The number of benzene rings is 2. The van der Waals surface area contributed by atoms with Crippen LogP contribution in [0, 0.1) is 17.0 Å². The highest BCUT2D eigenvalue weighted by Crippen LogP contribution is 2.21. The van der Waals surface area contributed by atoms with E-state index in [1.807, 2.05) is 25.1 Å². The number of carbonyl (C=O) groups is 1. The number of non-ortho nitro benzene ring substituents is 1. The zero-order valence-electron chi connectivity index (χ0n) is 12.3. The second-order valence-corrected chi connectivity index (χ2v) is 4.85. The molecule has 0 bridgehead atoms. The van der Waals surface area contributed by atoms with Crippen LogP contribution in [0.3, 0.4) is 0 Å². The number of methoxy groups -OCH3 is 1. The third-order valence-corrected chi connectivity index (χ3v) is 3.13. The van der Waals surface area contributed by atoms with Crippen LogP contribution >= 0.6 is 0 Å². The number of nitrogens with one attached hydrogen (secondary N) is 1. The molecule has 2 aromatic carbocycles. The van der Waals surface area contributed by atoms with E-state index in [1.165, 1.54) is 18.2 Å². The topological polar surface area (TPSA) is 81.5 Å². The van der Waals surface area contributed by atoms with Gasteiger partial charge in [-0.2, -0.15) is 0 Å². The highest BCUT2D eigenvalue weighted by atomic mass is 16.6. The summed E-state index contributed by atoms with van der Waals surface area (Å²) in [4.78, 5) is 22.3. The van der Waals surface area contributed by atoms with Crippen LogP contribution in [0.25, 0.3) is 0 Å². The van der Waals surface area contributed by atoms with Crippen LogP contribution in [-0.4, -0.2) is 17.9 Å². The van der Waals surface area contributed by atoms with Crippen LogP contribution in [0.1, 0.15) is 11.1 Å². The van der Waals surface area contributed by atoms with Gasteiger partial charge in [-0.05, 0) is 19.1 Å². The Morgan fingerprint density at radius 2 is 2.05 bits per heavy atom. The van der Waals surface area contributed by atoms with Crippen LogP contribution in [0.15, 0.2) is 42.5 Å². The van der Waals surface area contributed by atoms with Crippen LogP contribution in [0.5, 0.6) is 5.75 Å². The van der Waals surface area contributed by atoms with Crippen molar-refractivity contribution in [2.24, 2.45) is 0 Å². The average Bonchev–Trinajstić information content (AvgIpc) is 2.47. The molecule has 0 heterocycles. The maximum atomic E-state index is 12.1. The van der Waals surface area contributed by atoms with Crippen LogP contribution in [-0.2, 0) is 11.2 Å². The summed E-state index contributed by atoms with van der Waals surface area (Å²) in [5.41, 5.74) is 2.13. The van der Waals surface area contributed by atoms with Crippen molar-refractivity contribution in [2.75, 3.05) is 12.4 Å². The molecule has 114 valence electrons. The highest BCUT2D eigenvalue weighted by molar-refractivity contribution is 5.92. The molecule has 0 aromatic heterocycles. The first-order valence-electron chi connectivity index (χ1n) is 6.67. The van der Waals surface area contributed by atoms with Gasteiger partial charge in [-0.25, -0.2) is 0 Å². The average molecular weight is 300 g/mol. The van der Waals surface area contributed by atoms with Gasteiger partial charge in [0, 0.05) is 23.4 Å². The molecule has 0 fully saturated rings. The molecule has 0 saturated carbocycles. The number of hydrogen-bond donors (Lipinski definition) is 1. The maximum absolute atomic E-state index is 12.1. The Kier molecular flexibility index (Phi) is 4.73. The summed E-state index contributed by atoms with van der Waals surface area (Å²) in [5.74, 6) is 0.379. The Morgan fingerprint density at radius 1 is 1.27 bits per heavy atom. The molecule has 0 aliphatic heterocycles. The van der Waals surface area contributed by atoms with E-state index in [4.69, 9.17) is 4.74 Å². The van der Waals surface area contributed by atoms with Gasteiger partial charge in [-0.15, -0.1) is 0 Å². The highest BCUT2D eigenvalue weighted by Gasteiger charge is 2.11. The second kappa shape index (κ2) is 6.71. The van der Waals surface area contributed by atoms with Crippen LogP contribution in [0.4, 0.5) is 11.4 Å². The van der Waals surface area contributed by atoms with E-state index >= 15 is 0 Å². The van der Waals surface area contributed by atoms with Gasteiger partial charge < -0.3 is 10.1 Å². The lowest BCUT2D eigenvalue weighted by Gasteiger charge is -2.10. The number of aryl methyl sites for hydroxylation is 1. The predicted molar refractivity (Wildman–Crippen MR) is 83.2 cm³/mol. The van der Waals surface area contributed by atoms with E-state index in [0.29, 0.717) is 11.4 Å². The molecule has 2 rings (SSSR count). The molecule has 0 radical (unpaired) electrons. The molecular weight excluding hydrogens is 284 g/mol. The van der Waals surface area contributed by atoms with E-state index in [-0.39, 0.29) is 18.0 Å². The minimum Gasteiger partial charge on any atom is -0.496 e. The second-order valence-electron chi connectivity index (χ2n) is 4.85. The van der Waals surface area contributed by atoms with Gasteiger partial charge in [0.05, 0.1) is 18.5 Å². The predicted octanol–water partition coefficient (Wildman–Crippen LogP) is 3.09. The Balaban J connectivity index is 2.12. The number of rotatable bonds is 5. The van der Waals surface area contributed by atoms with Gasteiger partial charge >= 0.3 is 0 Å². The normalized spacial score (nSPS) is 10.1. The Hall–Kier alpha value is -2.89. The largest absolute Gasteiger partial charge is 0.496 e. The fourth-order valence-corrected chi connectivity index (χ4v) is 2.12. The van der Waals surface area contributed by atoms with Gasteiger partial charge in [-0.3, -0.25) is 14.9 Å². The minimum atomic E-state index is -0.501. The van der Waals surface area contributed by atoms with Crippen molar-refractivity contribution in [3.63, 3.8) is 0 Å². The molecule has 6 nitrogen and oxygen atoms in total. The zero-order chi connectivity index (χ0) is 16.1. The summed E-state index contributed by atoms with van der Waals surface area (Å²) in [6.45, 7) is 1.93. The molecule has 0 aliphatic carbocycles. The molecule has 2 aromatic rings. The first kappa shape index (κ1) is 15.5. The van der Waals surface area contributed by atoms with Crippen molar-refractivity contribution in [3.05, 3.63) is 63.7 Å². The maximum Gasteiger partial charge on any atom is 0.271 e. The molecular formula is C16H16N2O4. The van der Waals surface area contributed by atoms with Crippen molar-refractivity contribution >= 4 is 17.3 Å². The summed E-state index contributed by atoms with van der Waals surface area (Å²) in [5, 5.41) is 13.4. The van der Waals surface area contributed by atoms with Crippen molar-refractivity contribution in [3.8, 4) is 5.75 Å². The van der Waals surface area contributed by atoms with Gasteiger partial charge in [0.15, 0.2) is 0 Å². The molecule has 1 N–H and O–H groups in total. The lowest BCUT2D eigenvalue weighted by Crippen LogP contribution is -2.15. The number of nitrogens with zero attached hydrogens (tertiary/aromatic N) is 1. The summed E-state index contributed by atoms with van der Waals surface area (Å²) in [7, 11) is 1.55. The molecule has 0 unspecified atom stereocenters. The van der Waals surface area contributed by atoms with Gasteiger partial charge in [0.25, 0.3) is 5.69 Å². The van der Waals surface area contributed by atoms with Crippen molar-refractivity contribution < 1.29 is 14.5 Å². The van der Waals surface area contributed by atoms with Crippen molar-refractivity contribution in [1.29, 1.82) is 0 Å². The van der Waals surface area contributed by atoms with Crippen molar-refractivity contribution in [2.45, 2.75) is 13.3 Å². The number of nitro benzene ring substituents is 1. The third kappa shape index (κ3) is 3.82. The summed E-state index contributed by atoms with van der Waals surface area (Å²) in [6.07, 6.45) is 0.132. The lowest BCUT2D eigenvalue weighted by atomic mass is 10.1.